The van der Waals surface area contributed by atoms with E-state index in [0.29, 0.717) is 17.8 Å². The molecule has 0 aliphatic carbocycles. The van der Waals surface area contributed by atoms with E-state index in [9.17, 15) is 0 Å². The molecule has 108 valence electrons. The van der Waals surface area contributed by atoms with Crippen molar-refractivity contribution in [3.63, 3.8) is 0 Å². The van der Waals surface area contributed by atoms with Crippen LogP contribution in [0.3, 0.4) is 0 Å². The first kappa shape index (κ1) is 16.2. The van der Waals surface area contributed by atoms with Crippen LogP contribution in [-0.4, -0.2) is 29.7 Å². The van der Waals surface area contributed by atoms with Crippen LogP contribution in [0.5, 0.6) is 5.88 Å². The van der Waals surface area contributed by atoms with E-state index in [4.69, 9.17) is 4.74 Å². The van der Waals surface area contributed by atoms with Crippen molar-refractivity contribution in [2.75, 3.05) is 18.6 Å². The molecule has 0 bridgehead atoms. The van der Waals surface area contributed by atoms with Crippen LogP contribution >= 0.6 is 15.9 Å². The fourth-order valence-corrected chi connectivity index (χ4v) is 2.49. The molecule has 4 nitrogen and oxygen atoms in total. The molecule has 19 heavy (non-hydrogen) atoms. The molecule has 0 unspecified atom stereocenters. The summed E-state index contributed by atoms with van der Waals surface area (Å²) in [7, 11) is 1.63. The molecule has 0 atom stereocenters. The Balaban J connectivity index is 3.08. The lowest BCUT2D eigenvalue weighted by Gasteiger charge is -2.32. The fraction of sp³-hybridized carbons (Fsp3) is 0.714. The molecule has 0 fully saturated rings. The van der Waals surface area contributed by atoms with Crippen molar-refractivity contribution in [2.24, 2.45) is 5.92 Å². The van der Waals surface area contributed by atoms with Crippen molar-refractivity contribution in [2.45, 2.75) is 46.6 Å². The van der Waals surface area contributed by atoms with Crippen molar-refractivity contribution in [3.8, 4) is 5.88 Å². The summed E-state index contributed by atoms with van der Waals surface area (Å²) in [6, 6.07) is 0.466. The Bertz CT molecular complexity index is 394. The summed E-state index contributed by atoms with van der Waals surface area (Å²) in [6.45, 7) is 9.79. The fourth-order valence-electron chi connectivity index (χ4n) is 2.14. The average molecular weight is 330 g/mol. The molecular weight excluding hydrogens is 306 g/mol. The van der Waals surface area contributed by atoms with Crippen molar-refractivity contribution in [1.82, 2.24) is 9.97 Å². The molecular formula is C14H24BrN3O. The standard InChI is InChI=1S/C14H24BrN3O/c1-6-11(7-2)18(9-10(3)4)14-16-8-12(15)13(17-14)19-5/h8,10-11H,6-7,9H2,1-5H3. The van der Waals surface area contributed by atoms with E-state index in [1.54, 1.807) is 13.3 Å². The Hall–Kier alpha value is -0.840. The minimum atomic E-state index is 0.466. The smallest absolute Gasteiger partial charge is 0.232 e. The normalized spacial score (nSPS) is 11.2. The van der Waals surface area contributed by atoms with Gasteiger partial charge in [-0.05, 0) is 34.7 Å². The first-order chi connectivity index (χ1) is 9.03. The summed E-state index contributed by atoms with van der Waals surface area (Å²) in [5.74, 6) is 1.91. The summed E-state index contributed by atoms with van der Waals surface area (Å²) >= 11 is 3.39. The van der Waals surface area contributed by atoms with Gasteiger partial charge in [0.25, 0.3) is 0 Å². The molecule has 0 aliphatic heterocycles. The zero-order chi connectivity index (χ0) is 14.4. The van der Waals surface area contributed by atoms with Crippen LogP contribution in [0.4, 0.5) is 5.95 Å². The van der Waals surface area contributed by atoms with Crippen LogP contribution in [0.15, 0.2) is 10.7 Å². The zero-order valence-corrected chi connectivity index (χ0v) is 14.1. The van der Waals surface area contributed by atoms with Gasteiger partial charge in [-0.25, -0.2) is 4.98 Å². The highest BCUT2D eigenvalue weighted by atomic mass is 79.9. The number of methoxy groups -OCH3 is 1. The van der Waals surface area contributed by atoms with Gasteiger partial charge < -0.3 is 9.64 Å². The molecule has 0 radical (unpaired) electrons. The summed E-state index contributed by atoms with van der Waals surface area (Å²) in [4.78, 5) is 11.2. The Labute approximate surface area is 124 Å². The molecule has 1 aromatic heterocycles. The Morgan fingerprint density at radius 1 is 1.32 bits per heavy atom. The number of anilines is 1. The molecule has 0 aromatic carbocycles. The molecule has 1 aromatic rings. The molecule has 5 heteroatoms. The third-order valence-corrected chi connectivity index (χ3v) is 3.64. The van der Waals surface area contributed by atoms with Gasteiger partial charge in [0.2, 0.25) is 11.8 Å². The molecule has 0 aliphatic rings. The maximum absolute atomic E-state index is 5.26. The van der Waals surface area contributed by atoms with Crippen LogP contribution < -0.4 is 9.64 Å². The lowest BCUT2D eigenvalue weighted by molar-refractivity contribution is 0.392. The molecule has 0 amide bonds. The highest BCUT2D eigenvalue weighted by Gasteiger charge is 2.20. The third kappa shape index (κ3) is 4.34. The number of halogens is 1. The predicted molar refractivity (Wildman–Crippen MR) is 82.8 cm³/mol. The van der Waals surface area contributed by atoms with Gasteiger partial charge >= 0.3 is 0 Å². The first-order valence-corrected chi connectivity index (χ1v) is 7.65. The quantitative estimate of drug-likeness (QED) is 0.760. The van der Waals surface area contributed by atoms with Gasteiger partial charge in [0.1, 0.15) is 0 Å². The topological polar surface area (TPSA) is 38.2 Å². The van der Waals surface area contributed by atoms with Crippen LogP contribution in [0.2, 0.25) is 0 Å². The number of hydrogen-bond donors (Lipinski definition) is 0. The molecule has 0 N–H and O–H groups in total. The number of hydrogen-bond acceptors (Lipinski definition) is 4. The monoisotopic (exact) mass is 329 g/mol. The van der Waals surface area contributed by atoms with E-state index in [-0.39, 0.29) is 0 Å². The largest absolute Gasteiger partial charge is 0.480 e. The molecule has 0 spiro atoms. The van der Waals surface area contributed by atoms with Crippen LogP contribution in [-0.2, 0) is 0 Å². The second-order valence-corrected chi connectivity index (χ2v) is 5.90. The Morgan fingerprint density at radius 3 is 2.42 bits per heavy atom. The van der Waals surface area contributed by atoms with Crippen molar-refractivity contribution < 1.29 is 4.74 Å². The highest BCUT2D eigenvalue weighted by Crippen LogP contribution is 2.25. The molecule has 0 saturated heterocycles. The number of aromatic nitrogens is 2. The second-order valence-electron chi connectivity index (χ2n) is 5.04. The average Bonchev–Trinajstić information content (AvgIpc) is 2.39. The summed E-state index contributed by atoms with van der Waals surface area (Å²) in [5, 5.41) is 0. The van der Waals surface area contributed by atoms with Gasteiger partial charge in [-0.15, -0.1) is 0 Å². The van der Waals surface area contributed by atoms with E-state index in [2.05, 4.69) is 58.5 Å². The van der Waals surface area contributed by atoms with Crippen LogP contribution in [0.25, 0.3) is 0 Å². The van der Waals surface area contributed by atoms with Crippen molar-refractivity contribution >= 4 is 21.9 Å². The molecule has 1 heterocycles. The number of ether oxygens (including phenoxy) is 1. The van der Waals surface area contributed by atoms with Crippen molar-refractivity contribution in [3.05, 3.63) is 10.7 Å². The van der Waals surface area contributed by atoms with E-state index in [1.165, 1.54) is 0 Å². The molecule has 0 saturated carbocycles. The summed E-state index contributed by atoms with van der Waals surface area (Å²) in [6.07, 6.45) is 3.94. The van der Waals surface area contributed by atoms with Gasteiger partial charge in [-0.1, -0.05) is 27.7 Å². The zero-order valence-electron chi connectivity index (χ0n) is 12.5. The van der Waals surface area contributed by atoms with Gasteiger partial charge in [-0.2, -0.15) is 4.98 Å². The van der Waals surface area contributed by atoms with E-state index < -0.39 is 0 Å². The van der Waals surface area contributed by atoms with Gasteiger partial charge in [-0.3, -0.25) is 0 Å². The van der Waals surface area contributed by atoms with Crippen molar-refractivity contribution in [1.29, 1.82) is 0 Å². The highest BCUT2D eigenvalue weighted by molar-refractivity contribution is 9.10. The molecule has 1 rings (SSSR count). The minimum Gasteiger partial charge on any atom is -0.480 e. The van der Waals surface area contributed by atoms with E-state index in [0.717, 1.165) is 29.8 Å². The SMILES string of the molecule is CCC(CC)N(CC(C)C)c1ncc(Br)c(OC)n1. The second kappa shape index (κ2) is 7.68. The van der Waals surface area contributed by atoms with Crippen LogP contribution in [0.1, 0.15) is 40.5 Å². The summed E-state index contributed by atoms with van der Waals surface area (Å²) in [5.41, 5.74) is 0. The maximum Gasteiger partial charge on any atom is 0.232 e. The number of nitrogens with zero attached hydrogens (tertiary/aromatic N) is 3. The van der Waals surface area contributed by atoms with Gasteiger partial charge in [0.15, 0.2) is 0 Å². The predicted octanol–water partition coefficient (Wildman–Crippen LogP) is 3.90. The maximum atomic E-state index is 5.26. The van der Waals surface area contributed by atoms with E-state index >= 15 is 0 Å². The Kier molecular flexibility index (Phi) is 6.55. The Morgan fingerprint density at radius 2 is 1.95 bits per heavy atom. The van der Waals surface area contributed by atoms with E-state index in [1.807, 2.05) is 0 Å². The van der Waals surface area contributed by atoms with Gasteiger partial charge in [0.05, 0.1) is 17.8 Å². The summed E-state index contributed by atoms with van der Waals surface area (Å²) < 4.78 is 6.05. The first-order valence-electron chi connectivity index (χ1n) is 6.86. The minimum absolute atomic E-state index is 0.466. The number of rotatable bonds is 7. The lowest BCUT2D eigenvalue weighted by atomic mass is 10.1. The lowest BCUT2D eigenvalue weighted by Crippen LogP contribution is -2.38. The third-order valence-electron chi connectivity index (χ3n) is 3.09. The van der Waals surface area contributed by atoms with Gasteiger partial charge in [0, 0.05) is 12.6 Å². The van der Waals surface area contributed by atoms with Crippen LogP contribution in [0, 0.1) is 5.92 Å².